The van der Waals surface area contributed by atoms with Crippen molar-refractivity contribution in [2.75, 3.05) is 11.1 Å². The summed E-state index contributed by atoms with van der Waals surface area (Å²) in [4.78, 5) is 22.0. The number of rotatable bonds is 5. The van der Waals surface area contributed by atoms with Gasteiger partial charge in [0.25, 0.3) is 5.91 Å². The van der Waals surface area contributed by atoms with Crippen LogP contribution in [0.3, 0.4) is 0 Å². The highest BCUT2D eigenvalue weighted by molar-refractivity contribution is 8.01. The van der Waals surface area contributed by atoms with Crippen molar-refractivity contribution in [3.05, 3.63) is 24.2 Å². The number of nitrogens with one attached hydrogen (secondary N) is 1. The molecule has 0 aliphatic rings. The molecular weight excluding hydrogens is 278 g/mol. The van der Waals surface area contributed by atoms with E-state index in [-0.39, 0.29) is 11.7 Å². The number of hydrogen-bond acceptors (Lipinski definition) is 7. The molecule has 2 rings (SSSR count). The molecule has 0 atom stereocenters. The molecule has 94 valence electrons. The van der Waals surface area contributed by atoms with Crippen molar-refractivity contribution in [2.24, 2.45) is 0 Å². The lowest BCUT2D eigenvalue weighted by atomic mass is 10.3. The molecule has 2 heterocycles. The van der Waals surface area contributed by atoms with Gasteiger partial charge >= 0.3 is 5.97 Å². The number of thioether (sulfide) groups is 1. The normalized spacial score (nSPS) is 10.2. The van der Waals surface area contributed by atoms with E-state index in [9.17, 15) is 9.59 Å². The van der Waals surface area contributed by atoms with Crippen LogP contribution in [0.15, 0.2) is 27.3 Å². The summed E-state index contributed by atoms with van der Waals surface area (Å²) in [7, 11) is 0. The van der Waals surface area contributed by atoms with Gasteiger partial charge in [0.2, 0.25) is 5.13 Å². The number of aliphatic carboxylic acids is 1. The first kappa shape index (κ1) is 12.6. The van der Waals surface area contributed by atoms with Crippen LogP contribution in [0.4, 0.5) is 5.13 Å². The van der Waals surface area contributed by atoms with Crippen molar-refractivity contribution in [2.45, 2.75) is 4.34 Å². The van der Waals surface area contributed by atoms with Gasteiger partial charge in [-0.05, 0) is 6.07 Å². The van der Waals surface area contributed by atoms with E-state index in [1.807, 2.05) is 0 Å². The number of hydrogen-bond donors (Lipinski definition) is 2. The maximum absolute atomic E-state index is 11.6. The molecule has 0 unspecified atom stereocenters. The number of anilines is 1. The summed E-state index contributed by atoms with van der Waals surface area (Å²) in [6, 6.07) is 1.52. The second-order valence-electron chi connectivity index (χ2n) is 3.02. The Morgan fingerprint density at radius 3 is 3.00 bits per heavy atom. The largest absolute Gasteiger partial charge is 0.481 e. The summed E-state index contributed by atoms with van der Waals surface area (Å²) >= 11 is 2.16. The van der Waals surface area contributed by atoms with Crippen molar-refractivity contribution < 1.29 is 19.1 Å². The zero-order valence-corrected chi connectivity index (χ0v) is 10.5. The van der Waals surface area contributed by atoms with Crippen molar-refractivity contribution in [3.8, 4) is 0 Å². The Labute approximate surface area is 109 Å². The monoisotopic (exact) mass is 285 g/mol. The van der Waals surface area contributed by atoms with Gasteiger partial charge in [0.05, 0.1) is 17.6 Å². The Bertz CT molecular complexity index is 552. The first-order valence-corrected chi connectivity index (χ1v) is 6.47. The van der Waals surface area contributed by atoms with Gasteiger partial charge < -0.3 is 9.52 Å². The van der Waals surface area contributed by atoms with E-state index in [0.29, 0.717) is 15.0 Å². The Hall–Kier alpha value is -1.87. The van der Waals surface area contributed by atoms with Gasteiger partial charge in [0, 0.05) is 0 Å². The molecule has 2 aromatic heterocycles. The van der Waals surface area contributed by atoms with Crippen molar-refractivity contribution >= 4 is 40.1 Å². The predicted molar refractivity (Wildman–Crippen MR) is 64.9 cm³/mol. The fourth-order valence-corrected chi connectivity index (χ4v) is 2.47. The summed E-state index contributed by atoms with van der Waals surface area (Å²) in [6.07, 6.45) is 2.71. The van der Waals surface area contributed by atoms with Crippen LogP contribution in [0.1, 0.15) is 10.4 Å². The zero-order chi connectivity index (χ0) is 13.0. The lowest BCUT2D eigenvalue weighted by Gasteiger charge is -1.95. The third-order valence-corrected chi connectivity index (χ3v) is 3.69. The van der Waals surface area contributed by atoms with Crippen LogP contribution in [-0.4, -0.2) is 32.9 Å². The van der Waals surface area contributed by atoms with E-state index in [0.717, 1.165) is 23.1 Å². The third kappa shape index (κ3) is 3.31. The van der Waals surface area contributed by atoms with Crippen LogP contribution < -0.4 is 5.32 Å². The minimum absolute atomic E-state index is 0.0929. The minimum Gasteiger partial charge on any atom is -0.481 e. The molecule has 1 amide bonds. The molecule has 18 heavy (non-hydrogen) atoms. The van der Waals surface area contributed by atoms with E-state index >= 15 is 0 Å². The van der Waals surface area contributed by atoms with Gasteiger partial charge in [0.1, 0.15) is 6.26 Å². The Kier molecular flexibility index (Phi) is 3.95. The number of carbonyl (C=O) groups is 2. The molecule has 0 radical (unpaired) electrons. The molecule has 0 fully saturated rings. The van der Waals surface area contributed by atoms with Crippen molar-refractivity contribution in [1.82, 2.24) is 10.2 Å². The number of carboxylic acids is 1. The van der Waals surface area contributed by atoms with Crippen LogP contribution in [0.25, 0.3) is 0 Å². The van der Waals surface area contributed by atoms with E-state index in [1.165, 1.54) is 18.6 Å². The van der Waals surface area contributed by atoms with Crippen LogP contribution in [-0.2, 0) is 4.79 Å². The maximum Gasteiger partial charge on any atom is 0.313 e. The maximum atomic E-state index is 11.6. The highest BCUT2D eigenvalue weighted by atomic mass is 32.2. The van der Waals surface area contributed by atoms with Crippen molar-refractivity contribution in [1.29, 1.82) is 0 Å². The number of amides is 1. The third-order valence-electron chi connectivity index (χ3n) is 1.73. The van der Waals surface area contributed by atoms with Crippen LogP contribution in [0.5, 0.6) is 0 Å². The zero-order valence-electron chi connectivity index (χ0n) is 8.82. The lowest BCUT2D eigenvalue weighted by molar-refractivity contribution is -0.133. The number of aromatic nitrogens is 2. The fraction of sp³-hybridized carbons (Fsp3) is 0.111. The van der Waals surface area contributed by atoms with Crippen molar-refractivity contribution in [3.63, 3.8) is 0 Å². The summed E-state index contributed by atoms with van der Waals surface area (Å²) in [5.41, 5.74) is 0.380. The number of nitrogens with zero attached hydrogens (tertiary/aromatic N) is 2. The molecule has 2 N–H and O–H groups in total. The second kappa shape index (κ2) is 5.65. The molecule has 0 saturated carbocycles. The SMILES string of the molecule is O=C(O)CSc1nnc(NC(=O)c2ccoc2)s1. The average Bonchev–Trinajstić information content (AvgIpc) is 2.97. The van der Waals surface area contributed by atoms with Gasteiger partial charge in [-0.25, -0.2) is 0 Å². The molecule has 0 saturated heterocycles. The molecule has 7 nitrogen and oxygen atoms in total. The predicted octanol–water partition coefficient (Wildman–Crippen LogP) is 1.56. The molecule has 2 aromatic rings. The van der Waals surface area contributed by atoms with Gasteiger partial charge in [-0.15, -0.1) is 10.2 Å². The number of carboxylic acid groups (broad SMARTS) is 1. The Morgan fingerprint density at radius 2 is 2.33 bits per heavy atom. The van der Waals surface area contributed by atoms with Crippen LogP contribution in [0.2, 0.25) is 0 Å². The van der Waals surface area contributed by atoms with Crippen LogP contribution in [0, 0.1) is 0 Å². The van der Waals surface area contributed by atoms with Gasteiger partial charge in [-0.3, -0.25) is 14.9 Å². The first-order valence-electron chi connectivity index (χ1n) is 4.67. The Balaban J connectivity index is 1.94. The van der Waals surface area contributed by atoms with E-state index in [1.54, 1.807) is 0 Å². The summed E-state index contributed by atoms with van der Waals surface area (Å²) < 4.78 is 5.27. The summed E-state index contributed by atoms with van der Waals surface area (Å²) in [5, 5.41) is 18.8. The van der Waals surface area contributed by atoms with E-state index < -0.39 is 5.97 Å². The van der Waals surface area contributed by atoms with E-state index in [4.69, 9.17) is 9.52 Å². The molecule has 0 spiro atoms. The summed E-state index contributed by atoms with van der Waals surface area (Å²) in [5.74, 6) is -1.38. The smallest absolute Gasteiger partial charge is 0.313 e. The Morgan fingerprint density at radius 1 is 1.50 bits per heavy atom. The summed E-state index contributed by atoms with van der Waals surface area (Å²) in [6.45, 7) is 0. The van der Waals surface area contributed by atoms with E-state index in [2.05, 4.69) is 15.5 Å². The standard InChI is InChI=1S/C9H7N3O4S2/c13-6(14)4-17-9-12-11-8(18-9)10-7(15)5-1-2-16-3-5/h1-3H,4H2,(H,13,14)(H,10,11,15). The lowest BCUT2D eigenvalue weighted by Crippen LogP contribution is -2.10. The highest BCUT2D eigenvalue weighted by Crippen LogP contribution is 2.25. The number of furan rings is 1. The second-order valence-corrected chi connectivity index (χ2v) is 5.22. The molecule has 0 aliphatic heterocycles. The quantitative estimate of drug-likeness (QED) is 0.634. The molecule has 0 aliphatic carbocycles. The minimum atomic E-state index is -0.931. The molecular formula is C9H7N3O4S2. The first-order chi connectivity index (χ1) is 8.65. The van der Waals surface area contributed by atoms with Gasteiger partial charge in [-0.2, -0.15) is 0 Å². The van der Waals surface area contributed by atoms with Gasteiger partial charge in [-0.1, -0.05) is 23.1 Å². The molecule has 0 bridgehead atoms. The van der Waals surface area contributed by atoms with Gasteiger partial charge in [0.15, 0.2) is 4.34 Å². The highest BCUT2D eigenvalue weighted by Gasteiger charge is 2.11. The molecule has 0 aromatic carbocycles. The topological polar surface area (TPSA) is 105 Å². The fourth-order valence-electron chi connectivity index (χ4n) is 1.01. The molecule has 9 heteroatoms. The van der Waals surface area contributed by atoms with Crippen LogP contribution >= 0.6 is 23.1 Å². The average molecular weight is 285 g/mol. The number of carbonyl (C=O) groups excluding carboxylic acids is 1.